The molecule has 0 saturated carbocycles. The van der Waals surface area contributed by atoms with Gasteiger partial charge in [-0.05, 0) is 0 Å². The summed E-state index contributed by atoms with van der Waals surface area (Å²) in [6, 6.07) is 0.552. The van der Waals surface area contributed by atoms with Gasteiger partial charge in [-0.25, -0.2) is 51.6 Å². The van der Waals surface area contributed by atoms with Gasteiger partial charge in [-0.1, -0.05) is 0 Å². The Morgan fingerprint density at radius 1 is 0.373 bits per heavy atom. The standard InChI is InChI=1S/C24F15N3O6S3/c25-16-7(4(1-40)49(43,44)22(31,32)33)17(26)11-10(16)12-14(20(29)8(18(12)27)5(2-41)50(45,46)23(34,35)36)15-13(11)19(28)9(21(15)30)6(3-42)51(47,48)24(37,38)39. The summed E-state index contributed by atoms with van der Waals surface area (Å²) in [5.41, 5.74) is -28.2. The van der Waals surface area contributed by atoms with Crippen LogP contribution in [0.4, 0.5) is 65.9 Å². The Hall–Kier alpha value is -5.07. The highest BCUT2D eigenvalue weighted by molar-refractivity contribution is 7.97. The van der Waals surface area contributed by atoms with Gasteiger partial charge < -0.3 is 0 Å². The van der Waals surface area contributed by atoms with Crippen LogP contribution in [-0.4, -0.2) is 41.8 Å². The maximum Gasteiger partial charge on any atom is 0.502 e. The molecule has 4 rings (SSSR count). The molecule has 270 valence electrons. The summed E-state index contributed by atoms with van der Waals surface area (Å²) in [6.45, 7) is 0. The number of hydrogen-bond acceptors (Lipinski definition) is 9. The van der Waals surface area contributed by atoms with E-state index in [1.807, 2.05) is 0 Å². The normalized spacial score (nSPS) is 16.6. The molecule has 0 unspecified atom stereocenters. The Morgan fingerprint density at radius 3 is 0.608 bits per heavy atom. The molecule has 0 radical (unpaired) electrons. The minimum absolute atomic E-state index is 0.184. The van der Waals surface area contributed by atoms with Gasteiger partial charge in [0.05, 0.1) is 16.7 Å². The van der Waals surface area contributed by atoms with Gasteiger partial charge in [0.2, 0.25) is 0 Å². The van der Waals surface area contributed by atoms with Crippen LogP contribution in [0.3, 0.4) is 0 Å². The van der Waals surface area contributed by atoms with E-state index < -0.39 is 144 Å². The van der Waals surface area contributed by atoms with E-state index in [1.54, 1.807) is 0 Å². The smallest absolute Gasteiger partial charge is 0.214 e. The minimum atomic E-state index is -7.24. The summed E-state index contributed by atoms with van der Waals surface area (Å²) in [4.78, 5) is -9.05. The highest BCUT2D eigenvalue weighted by Crippen LogP contribution is 2.40. The van der Waals surface area contributed by atoms with Crippen LogP contribution in [-0.2, 0) is 29.5 Å². The molecule has 51 heavy (non-hydrogen) atoms. The molecule has 0 heterocycles. The summed E-state index contributed by atoms with van der Waals surface area (Å²) in [7, 11) is -21.7. The quantitative estimate of drug-likeness (QED) is 0.323. The molecule has 1 aromatic rings. The highest BCUT2D eigenvalue weighted by Gasteiger charge is 2.54. The van der Waals surface area contributed by atoms with Crippen molar-refractivity contribution in [3.63, 3.8) is 0 Å². The van der Waals surface area contributed by atoms with Crippen LogP contribution in [0.15, 0.2) is 31.4 Å². The van der Waals surface area contributed by atoms with Crippen LogP contribution < -0.4 is 31.3 Å². The first-order valence-corrected chi connectivity index (χ1v) is 16.2. The van der Waals surface area contributed by atoms with E-state index in [4.69, 9.17) is 15.8 Å². The predicted molar refractivity (Wildman–Crippen MR) is 134 cm³/mol. The first-order chi connectivity index (χ1) is 22.9. The molecule has 0 N–H and O–H groups in total. The molecule has 9 nitrogen and oxygen atoms in total. The zero-order valence-corrected chi connectivity index (χ0v) is 25.1. The molecular weight excluding hydrogens is 807 g/mol. The molecule has 0 fully saturated rings. The third-order valence-electron chi connectivity index (χ3n) is 6.84. The van der Waals surface area contributed by atoms with Crippen molar-refractivity contribution in [3.8, 4) is 18.2 Å². The van der Waals surface area contributed by atoms with Gasteiger partial charge in [-0.2, -0.15) is 55.3 Å². The number of nitriles is 3. The number of sulfone groups is 3. The van der Waals surface area contributed by atoms with Crippen LogP contribution in [0.2, 0.25) is 0 Å². The lowest BCUT2D eigenvalue weighted by molar-refractivity contribution is -0.0431. The number of alkyl halides is 9. The van der Waals surface area contributed by atoms with Gasteiger partial charge in [0.15, 0.2) is 14.7 Å². The van der Waals surface area contributed by atoms with Gasteiger partial charge in [-0.3, -0.25) is 0 Å². The van der Waals surface area contributed by atoms with Crippen LogP contribution >= 0.6 is 0 Å². The number of rotatable bonds is 3. The average Bonchev–Trinajstić information content (AvgIpc) is 3.48. The molecule has 0 amide bonds. The molecular formula is C24F15N3O6S3. The van der Waals surface area contributed by atoms with E-state index in [1.165, 1.54) is 0 Å². The maximum absolute atomic E-state index is 15.9. The Bertz CT molecular complexity index is 2480. The Labute approximate surface area is 268 Å². The van der Waals surface area contributed by atoms with Crippen molar-refractivity contribution < 1.29 is 91.1 Å². The second-order valence-corrected chi connectivity index (χ2v) is 15.1. The fourth-order valence-corrected chi connectivity index (χ4v) is 7.20. The van der Waals surface area contributed by atoms with Crippen LogP contribution in [0.1, 0.15) is 0 Å². The molecule has 0 spiro atoms. The number of hydrogen-bond donors (Lipinski definition) is 0. The molecule has 0 aromatic heterocycles. The molecule has 0 bridgehead atoms. The van der Waals surface area contributed by atoms with Crippen molar-refractivity contribution in [1.82, 2.24) is 0 Å². The first kappa shape index (κ1) is 38.7. The number of allylic oxidation sites excluding steroid dienone is 6. The summed E-state index contributed by atoms with van der Waals surface area (Å²) < 4.78 is 287. The molecule has 0 saturated heterocycles. The summed E-state index contributed by atoms with van der Waals surface area (Å²) in [6.07, 6.45) is 0. The fraction of sp³-hybridized carbons (Fsp3) is 0.125. The molecule has 0 aliphatic heterocycles. The number of nitrogens with zero attached hydrogens (tertiary/aromatic N) is 3. The van der Waals surface area contributed by atoms with Gasteiger partial charge in [0.25, 0.3) is 29.5 Å². The molecule has 0 atom stereocenters. The Morgan fingerprint density at radius 2 is 0.510 bits per heavy atom. The maximum atomic E-state index is 15.9. The molecule has 1 aromatic carbocycles. The molecule has 27 heteroatoms. The molecule has 3 aliphatic carbocycles. The van der Waals surface area contributed by atoms with Crippen LogP contribution in [0.25, 0.3) is 35.0 Å². The lowest BCUT2D eigenvalue weighted by Crippen LogP contribution is -2.64. The predicted octanol–water partition coefficient (Wildman–Crippen LogP) is 1.33. The van der Waals surface area contributed by atoms with Crippen molar-refractivity contribution >= 4 is 64.5 Å². The second kappa shape index (κ2) is 11.2. The summed E-state index contributed by atoms with van der Waals surface area (Å²) in [5, 5.41) is 13.2. The highest BCUT2D eigenvalue weighted by atomic mass is 32.2. The van der Waals surface area contributed by atoms with Crippen molar-refractivity contribution in [2.75, 3.05) is 0 Å². The summed E-state index contributed by atoms with van der Waals surface area (Å²) in [5.74, 6) is -18.0. The zero-order valence-electron chi connectivity index (χ0n) is 22.7. The Kier molecular flexibility index (Phi) is 8.52. The Balaban J connectivity index is 2.66. The second-order valence-electron chi connectivity index (χ2n) is 9.43. The zero-order chi connectivity index (χ0) is 39.5. The van der Waals surface area contributed by atoms with Crippen molar-refractivity contribution in [3.05, 3.63) is 62.7 Å². The van der Waals surface area contributed by atoms with E-state index in [2.05, 4.69) is 0 Å². The largest absolute Gasteiger partial charge is 0.502 e. The van der Waals surface area contributed by atoms with Gasteiger partial charge in [-0.15, -0.1) is 0 Å². The minimum Gasteiger partial charge on any atom is -0.214 e. The lowest BCUT2D eigenvalue weighted by Gasteiger charge is -2.09. The van der Waals surface area contributed by atoms with Crippen LogP contribution in [0, 0.1) is 34.0 Å². The molecule has 3 aliphatic rings. The number of halogens is 15. The number of fused-ring (bicyclic) bond motifs is 6. The van der Waals surface area contributed by atoms with Crippen molar-refractivity contribution in [1.29, 1.82) is 15.8 Å². The first-order valence-electron chi connectivity index (χ1n) is 11.7. The van der Waals surface area contributed by atoms with Crippen molar-refractivity contribution in [2.24, 2.45) is 0 Å². The SMILES string of the molecule is N#CC(=C1C(F)=c2c3c(c4c(c2=C1F)=C(F)C(=C(C#N)S(=O)(=O)C(F)(F)F)C=4F)=C(F)C(=C(C#N)S(=O)(=O)C(F)(F)F)C=3F)S(=O)(=O)C(F)(F)F. The topological polar surface area (TPSA) is 174 Å². The van der Waals surface area contributed by atoms with Crippen LogP contribution in [0.5, 0.6) is 0 Å². The van der Waals surface area contributed by atoms with E-state index in [-0.39, 0.29) is 18.2 Å². The van der Waals surface area contributed by atoms with Crippen molar-refractivity contribution in [2.45, 2.75) is 16.5 Å². The number of benzene rings is 1. The fourth-order valence-electron chi connectivity index (χ4n) is 4.80. The average molecular weight is 807 g/mol. The third-order valence-corrected chi connectivity index (χ3v) is 11.2. The van der Waals surface area contributed by atoms with E-state index in [0.29, 0.717) is 0 Å². The van der Waals surface area contributed by atoms with E-state index >= 15 is 26.3 Å². The van der Waals surface area contributed by atoms with Gasteiger partial charge >= 0.3 is 16.5 Å². The van der Waals surface area contributed by atoms with E-state index in [0.717, 1.165) is 0 Å². The van der Waals surface area contributed by atoms with Gasteiger partial charge in [0, 0.05) is 31.3 Å². The lowest BCUT2D eigenvalue weighted by atomic mass is 10.1. The summed E-state index contributed by atoms with van der Waals surface area (Å²) >= 11 is 0. The van der Waals surface area contributed by atoms with E-state index in [9.17, 15) is 64.8 Å². The third kappa shape index (κ3) is 4.91. The van der Waals surface area contributed by atoms with Gasteiger partial charge in [0.1, 0.15) is 53.2 Å². The monoisotopic (exact) mass is 807 g/mol.